The number of piperazine rings is 1. The van der Waals surface area contributed by atoms with Crippen molar-refractivity contribution in [3.8, 4) is 5.75 Å². The van der Waals surface area contributed by atoms with Gasteiger partial charge in [0.05, 0.1) is 12.8 Å². The van der Waals surface area contributed by atoms with E-state index in [0.717, 1.165) is 38.3 Å². The summed E-state index contributed by atoms with van der Waals surface area (Å²) in [5, 5.41) is 13.2. The van der Waals surface area contributed by atoms with Gasteiger partial charge in [-0.15, -0.1) is 0 Å². The first kappa shape index (κ1) is 18.1. The molecular weight excluding hydrogens is 328 g/mol. The second kappa shape index (κ2) is 9.12. The van der Waals surface area contributed by atoms with Crippen LogP contribution in [0.1, 0.15) is 11.1 Å². The summed E-state index contributed by atoms with van der Waals surface area (Å²) >= 11 is 0. The number of carbonyl (C=O) groups excluding carboxylic acids is 1. The Hall–Kier alpha value is -2.70. The summed E-state index contributed by atoms with van der Waals surface area (Å²) < 4.78 is 0. The molecule has 1 saturated heterocycles. The van der Waals surface area contributed by atoms with Gasteiger partial charge in [0, 0.05) is 32.7 Å². The molecule has 0 aliphatic carbocycles. The van der Waals surface area contributed by atoms with Gasteiger partial charge in [-0.25, -0.2) is 5.43 Å². The topological polar surface area (TPSA) is 68.2 Å². The van der Waals surface area contributed by atoms with Crippen molar-refractivity contribution in [2.75, 3.05) is 32.7 Å². The van der Waals surface area contributed by atoms with Crippen molar-refractivity contribution < 1.29 is 9.90 Å². The zero-order chi connectivity index (χ0) is 18.2. The standard InChI is InChI=1S/C20H24N4O2/c25-19-8-6-17(7-9-19)14-21-22-20(26)16-24-12-10-23(11-13-24)15-18-4-2-1-3-5-18/h1-9,14,25H,10-13,15-16H2,(H,22,26). The SMILES string of the molecule is O=C(CN1CCN(Cc2ccccc2)CC1)NN=Cc1ccc(O)cc1. The normalized spacial score (nSPS) is 16.0. The largest absolute Gasteiger partial charge is 0.508 e. The van der Waals surface area contributed by atoms with Gasteiger partial charge in [-0.1, -0.05) is 30.3 Å². The number of aromatic hydroxyl groups is 1. The Labute approximate surface area is 153 Å². The van der Waals surface area contributed by atoms with Gasteiger partial charge in [0.1, 0.15) is 5.75 Å². The van der Waals surface area contributed by atoms with Gasteiger partial charge in [0.25, 0.3) is 5.91 Å². The molecule has 1 amide bonds. The van der Waals surface area contributed by atoms with E-state index in [-0.39, 0.29) is 11.7 Å². The lowest BCUT2D eigenvalue weighted by atomic mass is 10.2. The number of phenolic OH excluding ortho intramolecular Hbond substituents is 1. The van der Waals surface area contributed by atoms with Crippen molar-refractivity contribution in [1.29, 1.82) is 0 Å². The molecule has 6 nitrogen and oxygen atoms in total. The van der Waals surface area contributed by atoms with Crippen LogP contribution in [0.3, 0.4) is 0 Å². The molecule has 3 rings (SSSR count). The van der Waals surface area contributed by atoms with Crippen LogP contribution in [-0.4, -0.2) is 59.8 Å². The van der Waals surface area contributed by atoms with Crippen molar-refractivity contribution in [2.45, 2.75) is 6.54 Å². The second-order valence-electron chi connectivity index (χ2n) is 6.42. The molecular formula is C20H24N4O2. The summed E-state index contributed by atoms with van der Waals surface area (Å²) in [6, 6.07) is 17.1. The predicted molar refractivity (Wildman–Crippen MR) is 102 cm³/mol. The molecule has 1 fully saturated rings. The van der Waals surface area contributed by atoms with Gasteiger partial charge in [0.2, 0.25) is 0 Å². The monoisotopic (exact) mass is 352 g/mol. The maximum Gasteiger partial charge on any atom is 0.254 e. The highest BCUT2D eigenvalue weighted by Gasteiger charge is 2.18. The molecule has 2 aromatic rings. The van der Waals surface area contributed by atoms with Crippen LogP contribution in [0.4, 0.5) is 0 Å². The fourth-order valence-corrected chi connectivity index (χ4v) is 2.92. The van der Waals surface area contributed by atoms with E-state index in [1.54, 1.807) is 30.5 Å². The average Bonchev–Trinajstić information content (AvgIpc) is 2.66. The maximum absolute atomic E-state index is 12.0. The number of nitrogens with one attached hydrogen (secondary N) is 1. The Kier molecular flexibility index (Phi) is 6.35. The molecule has 26 heavy (non-hydrogen) atoms. The molecule has 1 aliphatic rings. The van der Waals surface area contributed by atoms with Crippen LogP contribution in [-0.2, 0) is 11.3 Å². The third-order valence-electron chi connectivity index (χ3n) is 4.38. The molecule has 0 bridgehead atoms. The highest BCUT2D eigenvalue weighted by atomic mass is 16.3. The molecule has 6 heteroatoms. The van der Waals surface area contributed by atoms with E-state index in [4.69, 9.17) is 0 Å². The molecule has 0 unspecified atom stereocenters. The predicted octanol–water partition coefficient (Wildman–Crippen LogP) is 1.66. The van der Waals surface area contributed by atoms with Crippen molar-refractivity contribution in [3.05, 3.63) is 65.7 Å². The van der Waals surface area contributed by atoms with Gasteiger partial charge >= 0.3 is 0 Å². The van der Waals surface area contributed by atoms with E-state index in [2.05, 4.69) is 44.6 Å². The smallest absolute Gasteiger partial charge is 0.254 e. The van der Waals surface area contributed by atoms with Gasteiger partial charge < -0.3 is 5.11 Å². The van der Waals surface area contributed by atoms with Gasteiger partial charge in [-0.3, -0.25) is 14.6 Å². The number of carbonyl (C=O) groups is 1. The lowest BCUT2D eigenvalue weighted by Gasteiger charge is -2.34. The lowest BCUT2D eigenvalue weighted by Crippen LogP contribution is -2.48. The first-order valence-electron chi connectivity index (χ1n) is 8.78. The molecule has 0 radical (unpaired) electrons. The molecule has 0 saturated carbocycles. The Bertz CT molecular complexity index is 723. The number of hydrazone groups is 1. The molecule has 136 valence electrons. The summed E-state index contributed by atoms with van der Waals surface area (Å²) in [5.41, 5.74) is 4.70. The van der Waals surface area contributed by atoms with Crippen LogP contribution >= 0.6 is 0 Å². The number of amides is 1. The summed E-state index contributed by atoms with van der Waals surface area (Å²) in [6.45, 7) is 4.98. The van der Waals surface area contributed by atoms with E-state index >= 15 is 0 Å². The average molecular weight is 352 g/mol. The summed E-state index contributed by atoms with van der Waals surface area (Å²) in [5.74, 6) is 0.0918. The highest BCUT2D eigenvalue weighted by Crippen LogP contribution is 2.09. The minimum Gasteiger partial charge on any atom is -0.508 e. The third-order valence-corrected chi connectivity index (χ3v) is 4.38. The fraction of sp³-hybridized carbons (Fsp3) is 0.300. The summed E-state index contributed by atoms with van der Waals surface area (Å²) in [6.07, 6.45) is 1.56. The quantitative estimate of drug-likeness (QED) is 0.613. The number of nitrogens with zero attached hydrogens (tertiary/aromatic N) is 3. The molecule has 0 atom stereocenters. The number of hydrogen-bond acceptors (Lipinski definition) is 5. The second-order valence-corrected chi connectivity index (χ2v) is 6.42. The molecule has 0 aromatic heterocycles. The lowest BCUT2D eigenvalue weighted by molar-refractivity contribution is -0.122. The summed E-state index contributed by atoms with van der Waals surface area (Å²) in [7, 11) is 0. The first-order chi connectivity index (χ1) is 12.7. The van der Waals surface area contributed by atoms with Crippen molar-refractivity contribution in [3.63, 3.8) is 0 Å². The van der Waals surface area contributed by atoms with Crippen LogP contribution in [0.25, 0.3) is 0 Å². The third kappa shape index (κ3) is 5.68. The zero-order valence-electron chi connectivity index (χ0n) is 14.7. The van der Waals surface area contributed by atoms with Crippen molar-refractivity contribution in [2.24, 2.45) is 5.10 Å². The van der Waals surface area contributed by atoms with E-state index in [1.165, 1.54) is 5.56 Å². The minimum absolute atomic E-state index is 0.114. The van der Waals surface area contributed by atoms with E-state index in [1.807, 2.05) is 6.07 Å². The number of hydrogen-bond donors (Lipinski definition) is 2. The molecule has 0 spiro atoms. The first-order valence-corrected chi connectivity index (χ1v) is 8.78. The van der Waals surface area contributed by atoms with Gasteiger partial charge in [0.15, 0.2) is 0 Å². The van der Waals surface area contributed by atoms with Crippen LogP contribution < -0.4 is 5.43 Å². The number of rotatable bonds is 6. The van der Waals surface area contributed by atoms with Crippen LogP contribution in [0.2, 0.25) is 0 Å². The van der Waals surface area contributed by atoms with Crippen molar-refractivity contribution >= 4 is 12.1 Å². The van der Waals surface area contributed by atoms with Crippen LogP contribution in [0, 0.1) is 0 Å². The molecule has 1 aliphatic heterocycles. The van der Waals surface area contributed by atoms with Gasteiger partial charge in [-0.2, -0.15) is 5.10 Å². The highest BCUT2D eigenvalue weighted by molar-refractivity contribution is 5.83. The summed E-state index contributed by atoms with van der Waals surface area (Å²) in [4.78, 5) is 16.6. The molecule has 1 heterocycles. The zero-order valence-corrected chi connectivity index (χ0v) is 14.7. The van der Waals surface area contributed by atoms with E-state index < -0.39 is 0 Å². The van der Waals surface area contributed by atoms with E-state index in [9.17, 15) is 9.90 Å². The number of benzene rings is 2. The van der Waals surface area contributed by atoms with E-state index in [0.29, 0.717) is 6.54 Å². The van der Waals surface area contributed by atoms with Crippen LogP contribution in [0.15, 0.2) is 59.7 Å². The van der Waals surface area contributed by atoms with Gasteiger partial charge in [-0.05, 0) is 35.4 Å². The molecule has 2 N–H and O–H groups in total. The molecule has 2 aromatic carbocycles. The number of phenols is 1. The van der Waals surface area contributed by atoms with Crippen LogP contribution in [0.5, 0.6) is 5.75 Å². The Morgan fingerprint density at radius 2 is 1.65 bits per heavy atom. The van der Waals surface area contributed by atoms with Crippen molar-refractivity contribution in [1.82, 2.24) is 15.2 Å². The maximum atomic E-state index is 12.0. The Balaban J connectivity index is 1.37. The minimum atomic E-state index is -0.114. The fourth-order valence-electron chi connectivity index (χ4n) is 2.92. The Morgan fingerprint density at radius 3 is 2.35 bits per heavy atom. The Morgan fingerprint density at radius 1 is 1.00 bits per heavy atom.